The van der Waals surface area contributed by atoms with E-state index >= 15 is 0 Å². The van der Waals surface area contributed by atoms with Crippen LogP contribution in [0.1, 0.15) is 5.56 Å². The van der Waals surface area contributed by atoms with Crippen LogP contribution in [-0.4, -0.2) is 43.7 Å². The van der Waals surface area contributed by atoms with Gasteiger partial charge in [-0.1, -0.05) is 0 Å². The second-order valence-electron chi connectivity index (χ2n) is 4.27. The van der Waals surface area contributed by atoms with Gasteiger partial charge in [-0.15, -0.1) is 0 Å². The van der Waals surface area contributed by atoms with Crippen molar-refractivity contribution in [3.63, 3.8) is 0 Å². The predicted octanol–water partition coefficient (Wildman–Crippen LogP) is 1.36. The minimum Gasteiger partial charge on any atom is -0.508 e. The lowest BCUT2D eigenvalue weighted by Gasteiger charge is -2.24. The Morgan fingerprint density at radius 2 is 1.82 bits per heavy atom. The summed E-state index contributed by atoms with van der Waals surface area (Å²) in [5.74, 6) is -1.80. The van der Waals surface area contributed by atoms with E-state index in [1.54, 1.807) is 7.05 Å². The van der Waals surface area contributed by atoms with Crippen molar-refractivity contribution in [2.75, 3.05) is 27.7 Å². The number of nitrogens with one attached hydrogen (secondary N) is 1. The second-order valence-corrected chi connectivity index (χ2v) is 4.27. The SMILES string of the molecule is CNCC(Cc1c(F)cc(O)cc1F)N(C)C. The van der Waals surface area contributed by atoms with Crippen molar-refractivity contribution in [1.82, 2.24) is 10.2 Å². The molecule has 0 saturated carbocycles. The van der Waals surface area contributed by atoms with Crippen molar-refractivity contribution in [1.29, 1.82) is 0 Å². The Morgan fingerprint density at radius 3 is 2.24 bits per heavy atom. The fourth-order valence-electron chi connectivity index (χ4n) is 1.69. The van der Waals surface area contributed by atoms with Crippen LogP contribution in [0.4, 0.5) is 8.78 Å². The first-order valence-electron chi connectivity index (χ1n) is 5.43. The smallest absolute Gasteiger partial charge is 0.133 e. The van der Waals surface area contributed by atoms with Gasteiger partial charge in [0.15, 0.2) is 0 Å². The minimum absolute atomic E-state index is 0.00598. The summed E-state index contributed by atoms with van der Waals surface area (Å²) in [5, 5.41) is 12.0. The Morgan fingerprint density at radius 1 is 1.29 bits per heavy atom. The van der Waals surface area contributed by atoms with Gasteiger partial charge in [0.1, 0.15) is 17.4 Å². The highest BCUT2D eigenvalue weighted by Crippen LogP contribution is 2.21. The molecule has 1 atom stereocenters. The number of phenolic OH excluding ortho intramolecular Hbond substituents is 1. The first-order valence-corrected chi connectivity index (χ1v) is 5.43. The van der Waals surface area contributed by atoms with Gasteiger partial charge in [-0.05, 0) is 27.6 Å². The third kappa shape index (κ3) is 3.64. The highest BCUT2D eigenvalue weighted by atomic mass is 19.1. The van der Waals surface area contributed by atoms with E-state index in [0.29, 0.717) is 6.54 Å². The monoisotopic (exact) mass is 244 g/mol. The molecule has 0 spiro atoms. The van der Waals surface area contributed by atoms with Crippen LogP contribution in [0, 0.1) is 11.6 Å². The number of benzene rings is 1. The van der Waals surface area contributed by atoms with Gasteiger partial charge in [-0.3, -0.25) is 0 Å². The van der Waals surface area contributed by atoms with Gasteiger partial charge in [0.25, 0.3) is 0 Å². The Balaban J connectivity index is 2.93. The van der Waals surface area contributed by atoms with Crippen molar-refractivity contribution in [2.24, 2.45) is 0 Å². The molecule has 0 fully saturated rings. The maximum atomic E-state index is 13.5. The third-order valence-corrected chi connectivity index (χ3v) is 2.74. The van der Waals surface area contributed by atoms with Crippen LogP contribution in [0.15, 0.2) is 12.1 Å². The highest BCUT2D eigenvalue weighted by Gasteiger charge is 2.18. The average Bonchev–Trinajstić information content (AvgIpc) is 2.21. The Kier molecular flexibility index (Phi) is 4.84. The van der Waals surface area contributed by atoms with E-state index in [-0.39, 0.29) is 18.0 Å². The molecule has 0 aliphatic rings. The molecule has 0 heterocycles. The molecular weight excluding hydrogens is 226 g/mol. The molecule has 5 heteroatoms. The molecule has 1 unspecified atom stereocenters. The topological polar surface area (TPSA) is 35.5 Å². The van der Waals surface area contributed by atoms with E-state index < -0.39 is 17.4 Å². The van der Waals surface area contributed by atoms with E-state index in [0.717, 1.165) is 12.1 Å². The molecule has 2 N–H and O–H groups in total. The summed E-state index contributed by atoms with van der Waals surface area (Å²) in [7, 11) is 5.51. The maximum Gasteiger partial charge on any atom is 0.133 e. The molecule has 0 radical (unpaired) electrons. The number of rotatable bonds is 5. The minimum atomic E-state index is -0.703. The molecule has 0 saturated heterocycles. The predicted molar refractivity (Wildman–Crippen MR) is 63.1 cm³/mol. The number of halogens is 2. The lowest BCUT2D eigenvalue weighted by Crippen LogP contribution is -2.38. The molecule has 1 aromatic rings. The molecular formula is C12H18F2N2O. The number of hydrogen-bond acceptors (Lipinski definition) is 3. The Labute approximate surface area is 100 Å². The number of phenols is 1. The zero-order chi connectivity index (χ0) is 13.0. The second kappa shape index (κ2) is 5.93. The lowest BCUT2D eigenvalue weighted by atomic mass is 10.0. The molecule has 1 rings (SSSR count). The zero-order valence-electron chi connectivity index (χ0n) is 10.3. The van der Waals surface area contributed by atoms with Crippen LogP contribution in [0.2, 0.25) is 0 Å². The molecule has 0 bridgehead atoms. The molecule has 0 amide bonds. The van der Waals surface area contributed by atoms with E-state index in [9.17, 15) is 8.78 Å². The molecule has 3 nitrogen and oxygen atoms in total. The largest absolute Gasteiger partial charge is 0.508 e. The van der Waals surface area contributed by atoms with Gasteiger partial charge in [0, 0.05) is 30.3 Å². The van der Waals surface area contributed by atoms with Crippen molar-refractivity contribution in [2.45, 2.75) is 12.5 Å². The van der Waals surface area contributed by atoms with Crippen molar-refractivity contribution < 1.29 is 13.9 Å². The molecule has 0 aliphatic heterocycles. The van der Waals surface area contributed by atoms with E-state index in [4.69, 9.17) is 5.11 Å². The molecule has 1 aromatic carbocycles. The summed E-state index contributed by atoms with van der Waals surface area (Å²) in [6.45, 7) is 0.632. The summed E-state index contributed by atoms with van der Waals surface area (Å²) in [6.07, 6.45) is 0.256. The fourth-order valence-corrected chi connectivity index (χ4v) is 1.69. The Bertz CT molecular complexity index is 360. The van der Waals surface area contributed by atoms with Gasteiger partial charge >= 0.3 is 0 Å². The molecule has 17 heavy (non-hydrogen) atoms. The van der Waals surface area contributed by atoms with Crippen LogP contribution >= 0.6 is 0 Å². The van der Waals surface area contributed by atoms with Crippen LogP contribution in [-0.2, 0) is 6.42 Å². The van der Waals surface area contributed by atoms with Crippen LogP contribution in [0.3, 0.4) is 0 Å². The van der Waals surface area contributed by atoms with Crippen LogP contribution < -0.4 is 5.32 Å². The number of nitrogens with zero attached hydrogens (tertiary/aromatic N) is 1. The van der Waals surface area contributed by atoms with Gasteiger partial charge < -0.3 is 15.3 Å². The van der Waals surface area contributed by atoms with Gasteiger partial charge in [0.05, 0.1) is 0 Å². The molecule has 96 valence electrons. The van der Waals surface area contributed by atoms with E-state index in [1.807, 2.05) is 19.0 Å². The van der Waals surface area contributed by atoms with Gasteiger partial charge in [-0.25, -0.2) is 8.78 Å². The zero-order valence-corrected chi connectivity index (χ0v) is 10.3. The van der Waals surface area contributed by atoms with Gasteiger partial charge in [-0.2, -0.15) is 0 Å². The first kappa shape index (κ1) is 13.9. The highest BCUT2D eigenvalue weighted by molar-refractivity contribution is 5.30. The fraction of sp³-hybridized carbons (Fsp3) is 0.500. The average molecular weight is 244 g/mol. The van der Waals surface area contributed by atoms with Gasteiger partial charge in [0.2, 0.25) is 0 Å². The maximum absolute atomic E-state index is 13.5. The molecule has 0 aliphatic carbocycles. The summed E-state index contributed by atoms with van der Waals surface area (Å²) >= 11 is 0. The number of hydrogen-bond donors (Lipinski definition) is 2. The number of aromatic hydroxyl groups is 1. The third-order valence-electron chi connectivity index (χ3n) is 2.74. The van der Waals surface area contributed by atoms with Crippen molar-refractivity contribution in [3.8, 4) is 5.75 Å². The number of likely N-dealkylation sites (N-methyl/N-ethyl adjacent to an activating group) is 2. The summed E-state index contributed by atoms with van der Waals surface area (Å²) in [6, 6.07) is 1.86. The van der Waals surface area contributed by atoms with E-state index in [1.165, 1.54) is 0 Å². The van der Waals surface area contributed by atoms with E-state index in [2.05, 4.69) is 5.32 Å². The standard InChI is InChI=1S/C12H18F2N2O/c1-15-7-8(16(2)3)4-10-11(13)5-9(17)6-12(10)14/h5-6,8,15,17H,4,7H2,1-3H3. The summed E-state index contributed by atoms with van der Waals surface area (Å²) < 4.78 is 27.1. The lowest BCUT2D eigenvalue weighted by molar-refractivity contribution is 0.281. The van der Waals surface area contributed by atoms with Crippen LogP contribution in [0.5, 0.6) is 5.75 Å². The quantitative estimate of drug-likeness (QED) is 0.821. The summed E-state index contributed by atoms with van der Waals surface area (Å²) in [4.78, 5) is 1.90. The Hall–Kier alpha value is -1.20. The molecule has 0 aromatic heterocycles. The van der Waals surface area contributed by atoms with Crippen molar-refractivity contribution in [3.05, 3.63) is 29.3 Å². The first-order chi connectivity index (χ1) is 7.95. The summed E-state index contributed by atoms with van der Waals surface area (Å²) in [5.41, 5.74) is 0.0109. The van der Waals surface area contributed by atoms with Crippen molar-refractivity contribution >= 4 is 0 Å². The van der Waals surface area contributed by atoms with Crippen LogP contribution in [0.25, 0.3) is 0 Å². The normalized spacial score (nSPS) is 13.1.